The Morgan fingerprint density at radius 3 is 2.84 bits per heavy atom. The van der Waals surface area contributed by atoms with Crippen molar-refractivity contribution in [1.29, 1.82) is 0 Å². The minimum absolute atomic E-state index is 0.0321. The van der Waals surface area contributed by atoms with Gasteiger partial charge in [0.05, 0.1) is 12.7 Å². The Balaban J connectivity index is 1.55. The normalized spacial score (nSPS) is 25.1. The molecule has 4 rings (SSSR count). The van der Waals surface area contributed by atoms with Crippen molar-refractivity contribution in [2.24, 2.45) is 0 Å². The first kappa shape index (κ1) is 16.7. The number of rotatable bonds is 5. The number of H-pyrrole nitrogens is 1. The van der Waals surface area contributed by atoms with Crippen molar-refractivity contribution in [2.45, 2.75) is 55.6 Å². The molecule has 2 fully saturated rings. The number of aromatic amines is 1. The summed E-state index contributed by atoms with van der Waals surface area (Å²) in [6, 6.07) is 0. The number of imidazole rings is 1. The molecule has 136 valence electrons. The summed E-state index contributed by atoms with van der Waals surface area (Å²) in [5.74, 6) is 1.71. The molecule has 1 aliphatic heterocycles. The molecule has 2 aliphatic rings. The van der Waals surface area contributed by atoms with Gasteiger partial charge in [-0.2, -0.15) is 9.29 Å². The van der Waals surface area contributed by atoms with Gasteiger partial charge in [0, 0.05) is 24.8 Å². The van der Waals surface area contributed by atoms with Gasteiger partial charge in [0.2, 0.25) is 0 Å². The Morgan fingerprint density at radius 1 is 1.44 bits per heavy atom. The maximum Gasteiger partial charge on any atom is 0.260 e. The quantitative estimate of drug-likeness (QED) is 0.810. The van der Waals surface area contributed by atoms with Gasteiger partial charge >= 0.3 is 0 Å². The summed E-state index contributed by atoms with van der Waals surface area (Å²) in [6.07, 6.45) is 3.58. The van der Waals surface area contributed by atoms with E-state index in [1.165, 1.54) is 10.5 Å². The highest BCUT2D eigenvalue weighted by Gasteiger charge is 2.47. The van der Waals surface area contributed by atoms with Crippen molar-refractivity contribution >= 4 is 10.0 Å². The van der Waals surface area contributed by atoms with E-state index in [0.717, 1.165) is 12.8 Å². The molecule has 0 unspecified atom stereocenters. The second-order valence-corrected chi connectivity index (χ2v) is 9.05. The lowest BCUT2D eigenvalue weighted by Crippen LogP contribution is -2.34. The van der Waals surface area contributed by atoms with Gasteiger partial charge in [-0.25, -0.2) is 13.4 Å². The van der Waals surface area contributed by atoms with Crippen molar-refractivity contribution < 1.29 is 18.0 Å². The molecule has 10 heteroatoms. The fourth-order valence-electron chi connectivity index (χ4n) is 2.95. The molecule has 2 aromatic rings. The molecule has 1 atom stereocenters. The van der Waals surface area contributed by atoms with Crippen LogP contribution in [-0.2, 0) is 15.6 Å². The molecule has 25 heavy (non-hydrogen) atoms. The molecule has 3 heterocycles. The lowest BCUT2D eigenvalue weighted by molar-refractivity contribution is 0.0194. The average Bonchev–Trinajstić information content (AvgIpc) is 3.01. The molecular weight excluding hydrogens is 346 g/mol. The number of aliphatic hydroxyl groups is 1. The molecule has 0 spiro atoms. The summed E-state index contributed by atoms with van der Waals surface area (Å²) in [5.41, 5.74) is -1.45. The Labute approximate surface area is 145 Å². The minimum atomic E-state index is -3.76. The summed E-state index contributed by atoms with van der Waals surface area (Å²) in [6.45, 7) is 3.92. The number of nitrogens with one attached hydrogen (secondary N) is 1. The largest absolute Gasteiger partial charge is 0.379 e. The number of β-amino-alcohol motifs (C(OH)–C–C–N with tert-alkyl or cyclic N) is 1. The fourth-order valence-corrected chi connectivity index (χ4v) is 4.37. The molecule has 1 saturated heterocycles. The zero-order valence-electron chi connectivity index (χ0n) is 14.1. The van der Waals surface area contributed by atoms with E-state index in [0.29, 0.717) is 17.6 Å². The summed E-state index contributed by atoms with van der Waals surface area (Å²) in [4.78, 5) is 11.2. The third-order valence-corrected chi connectivity index (χ3v) is 6.49. The second-order valence-electron chi connectivity index (χ2n) is 7.14. The number of aromatic nitrogens is 4. The van der Waals surface area contributed by atoms with Gasteiger partial charge in [0.25, 0.3) is 15.9 Å². The van der Waals surface area contributed by atoms with Gasteiger partial charge < -0.3 is 14.6 Å². The summed E-state index contributed by atoms with van der Waals surface area (Å²) < 4.78 is 32.0. The summed E-state index contributed by atoms with van der Waals surface area (Å²) >= 11 is 0. The van der Waals surface area contributed by atoms with Gasteiger partial charge in [0.1, 0.15) is 5.82 Å². The molecular formula is C15H21N5O4S. The Bertz CT molecular complexity index is 885. The third kappa shape index (κ3) is 2.87. The first-order valence-corrected chi connectivity index (χ1v) is 9.85. The van der Waals surface area contributed by atoms with E-state index in [2.05, 4.69) is 20.1 Å². The zero-order valence-corrected chi connectivity index (χ0v) is 15.0. The smallest absolute Gasteiger partial charge is 0.260 e. The van der Waals surface area contributed by atoms with Gasteiger partial charge in [-0.15, -0.1) is 0 Å². The summed E-state index contributed by atoms with van der Waals surface area (Å²) in [7, 11) is -3.76. The lowest BCUT2D eigenvalue weighted by Gasteiger charge is -2.19. The highest BCUT2D eigenvalue weighted by atomic mass is 32.2. The van der Waals surface area contributed by atoms with Gasteiger partial charge in [0.15, 0.2) is 16.5 Å². The second kappa shape index (κ2) is 5.61. The van der Waals surface area contributed by atoms with Crippen molar-refractivity contribution in [1.82, 2.24) is 24.4 Å². The fraction of sp³-hybridized carbons (Fsp3) is 0.667. The highest BCUT2D eigenvalue weighted by molar-refractivity contribution is 7.89. The molecule has 0 amide bonds. The number of sulfonamides is 1. The Kier molecular flexibility index (Phi) is 3.74. The molecule has 1 aliphatic carbocycles. The highest BCUT2D eigenvalue weighted by Crippen LogP contribution is 2.40. The maximum absolute atomic E-state index is 12.8. The van der Waals surface area contributed by atoms with Crippen LogP contribution in [0.5, 0.6) is 0 Å². The first-order valence-electron chi connectivity index (χ1n) is 8.41. The van der Waals surface area contributed by atoms with E-state index >= 15 is 0 Å². The van der Waals surface area contributed by atoms with Crippen LogP contribution >= 0.6 is 0 Å². The molecule has 2 aromatic heterocycles. The van der Waals surface area contributed by atoms with E-state index in [1.807, 2.05) is 13.8 Å². The monoisotopic (exact) mass is 367 g/mol. The van der Waals surface area contributed by atoms with Crippen LogP contribution in [0.1, 0.15) is 62.5 Å². The van der Waals surface area contributed by atoms with Crippen LogP contribution < -0.4 is 0 Å². The minimum Gasteiger partial charge on any atom is -0.379 e. The molecule has 2 N–H and O–H groups in total. The third-order valence-electron chi connectivity index (χ3n) is 4.73. The number of hydrogen-bond acceptors (Lipinski definition) is 7. The average molecular weight is 367 g/mol. The first-order chi connectivity index (χ1) is 11.8. The van der Waals surface area contributed by atoms with Gasteiger partial charge in [-0.3, -0.25) is 0 Å². The van der Waals surface area contributed by atoms with Crippen molar-refractivity contribution in [3.63, 3.8) is 0 Å². The Morgan fingerprint density at radius 2 is 2.20 bits per heavy atom. The van der Waals surface area contributed by atoms with E-state index < -0.39 is 15.6 Å². The SMILES string of the molecule is CC(C)c1ncc(S(=O)(=O)N2CC[C@](O)(c3nc(C4CC4)no3)C2)[nH]1. The molecule has 0 radical (unpaired) electrons. The van der Waals surface area contributed by atoms with Crippen molar-refractivity contribution in [3.05, 3.63) is 23.7 Å². The predicted molar refractivity (Wildman–Crippen MR) is 86.2 cm³/mol. The van der Waals surface area contributed by atoms with Crippen LogP contribution in [0.25, 0.3) is 0 Å². The Hall–Kier alpha value is -1.78. The topological polar surface area (TPSA) is 125 Å². The van der Waals surface area contributed by atoms with Crippen molar-refractivity contribution in [2.75, 3.05) is 13.1 Å². The lowest BCUT2D eigenvalue weighted by atomic mass is 10.0. The van der Waals surface area contributed by atoms with Crippen molar-refractivity contribution in [3.8, 4) is 0 Å². The summed E-state index contributed by atoms with van der Waals surface area (Å²) in [5, 5.41) is 14.8. The molecule has 1 saturated carbocycles. The predicted octanol–water partition coefficient (Wildman–Crippen LogP) is 1.08. The van der Waals surface area contributed by atoms with Crippen LogP contribution in [0, 0.1) is 0 Å². The van der Waals surface area contributed by atoms with E-state index in [1.54, 1.807) is 0 Å². The van der Waals surface area contributed by atoms with Gasteiger partial charge in [-0.1, -0.05) is 19.0 Å². The molecule has 9 nitrogen and oxygen atoms in total. The van der Waals surface area contributed by atoms with E-state index in [-0.39, 0.29) is 36.3 Å². The zero-order chi connectivity index (χ0) is 17.8. The molecule has 0 aromatic carbocycles. The number of nitrogens with zero attached hydrogens (tertiary/aromatic N) is 4. The van der Waals surface area contributed by atoms with Crippen LogP contribution in [-0.4, -0.2) is 51.0 Å². The van der Waals surface area contributed by atoms with Gasteiger partial charge in [-0.05, 0) is 12.8 Å². The van der Waals surface area contributed by atoms with Crippen LogP contribution in [0.2, 0.25) is 0 Å². The van der Waals surface area contributed by atoms with E-state index in [4.69, 9.17) is 4.52 Å². The maximum atomic E-state index is 12.8. The van der Waals surface area contributed by atoms with Crippen LogP contribution in [0.3, 0.4) is 0 Å². The van der Waals surface area contributed by atoms with Crippen LogP contribution in [0.15, 0.2) is 15.7 Å². The standard InChI is InChI=1S/C15H21N5O4S/c1-9(2)12-16-7-11(17-12)25(22,23)20-6-5-15(21,8-20)14-18-13(19-24-14)10-3-4-10/h7,9-10,21H,3-6,8H2,1-2H3,(H,16,17)/t15-/m1/s1. The van der Waals surface area contributed by atoms with E-state index in [9.17, 15) is 13.5 Å². The molecule has 0 bridgehead atoms. The number of hydrogen-bond donors (Lipinski definition) is 2. The van der Waals surface area contributed by atoms with Crippen LogP contribution in [0.4, 0.5) is 0 Å².